The Kier molecular flexibility index (Phi) is 6.73. The van der Waals surface area contributed by atoms with Crippen molar-refractivity contribution in [3.05, 3.63) is 36.0 Å². The number of para-hydroxylation sites is 2. The quantitative estimate of drug-likeness (QED) is 0.581. The van der Waals surface area contributed by atoms with Crippen LogP contribution in [0.4, 0.5) is 5.69 Å². The Morgan fingerprint density at radius 3 is 2.64 bits per heavy atom. The van der Waals surface area contributed by atoms with Gasteiger partial charge in [0, 0.05) is 45.1 Å². The van der Waals surface area contributed by atoms with Crippen molar-refractivity contribution in [2.24, 2.45) is 4.99 Å². The number of benzene rings is 1. The fourth-order valence-corrected chi connectivity index (χ4v) is 3.18. The third kappa shape index (κ3) is 4.94. The van der Waals surface area contributed by atoms with Crippen LogP contribution in [0, 0.1) is 0 Å². The molecule has 2 aromatic rings. The highest BCUT2D eigenvalue weighted by molar-refractivity contribution is 5.80. The van der Waals surface area contributed by atoms with E-state index in [0.29, 0.717) is 24.6 Å². The normalized spacial score (nSPS) is 15.4. The maximum Gasteiger partial charge on any atom is 0.228 e. The summed E-state index contributed by atoms with van der Waals surface area (Å²) in [5.41, 5.74) is 0.890. The maximum atomic E-state index is 10.1. The van der Waals surface area contributed by atoms with Gasteiger partial charge in [0.15, 0.2) is 11.8 Å². The van der Waals surface area contributed by atoms with Gasteiger partial charge >= 0.3 is 0 Å². The average molecular weight is 387 g/mol. The van der Waals surface area contributed by atoms with Gasteiger partial charge in [-0.1, -0.05) is 31.1 Å². The molecule has 0 radical (unpaired) electrons. The van der Waals surface area contributed by atoms with Crippen molar-refractivity contribution in [3.8, 4) is 5.75 Å². The van der Waals surface area contributed by atoms with E-state index in [1.165, 1.54) is 0 Å². The van der Waals surface area contributed by atoms with Crippen LogP contribution >= 0.6 is 0 Å². The summed E-state index contributed by atoms with van der Waals surface area (Å²) in [4.78, 5) is 13.6. The Hall–Kier alpha value is -2.77. The zero-order chi connectivity index (χ0) is 19.9. The number of hydrogen-bond donors (Lipinski definition) is 2. The minimum Gasteiger partial charge on any atom is -0.506 e. The first-order valence-corrected chi connectivity index (χ1v) is 9.97. The number of anilines is 1. The van der Waals surface area contributed by atoms with Crippen molar-refractivity contribution in [1.82, 2.24) is 20.4 Å². The number of aromatic hydroxyl groups is 1. The van der Waals surface area contributed by atoms with Crippen LogP contribution < -0.4 is 10.2 Å². The lowest BCUT2D eigenvalue weighted by atomic mass is 10.2. The van der Waals surface area contributed by atoms with Gasteiger partial charge in [-0.3, -0.25) is 4.99 Å². The molecule has 0 saturated carbocycles. The zero-order valence-electron chi connectivity index (χ0n) is 16.9. The summed E-state index contributed by atoms with van der Waals surface area (Å²) in [7, 11) is 0. The molecule has 28 heavy (non-hydrogen) atoms. The van der Waals surface area contributed by atoms with E-state index in [9.17, 15) is 5.11 Å². The molecule has 3 rings (SSSR count). The summed E-state index contributed by atoms with van der Waals surface area (Å²) >= 11 is 0. The van der Waals surface area contributed by atoms with Crippen molar-refractivity contribution in [1.29, 1.82) is 0 Å². The van der Waals surface area contributed by atoms with E-state index in [2.05, 4.69) is 32.2 Å². The maximum absolute atomic E-state index is 10.1. The zero-order valence-corrected chi connectivity index (χ0v) is 16.9. The fraction of sp³-hybridized carbons (Fsp3) is 0.550. The molecule has 1 aliphatic rings. The summed E-state index contributed by atoms with van der Waals surface area (Å²) < 4.78 is 5.29. The van der Waals surface area contributed by atoms with Crippen molar-refractivity contribution in [2.45, 2.75) is 33.1 Å². The standard InChI is InChI=1S/C20H30N6O2/c1-4-21-20(22-10-9-18-23-19(15(2)3)24-28-18)26-13-11-25(12-14-26)16-7-5-6-8-17(16)27/h5-8,15,27H,4,9-14H2,1-3H3,(H,21,22). The molecule has 1 aromatic carbocycles. The summed E-state index contributed by atoms with van der Waals surface area (Å²) in [6, 6.07) is 7.49. The van der Waals surface area contributed by atoms with Gasteiger partial charge in [-0.15, -0.1) is 0 Å². The lowest BCUT2D eigenvalue weighted by Gasteiger charge is -2.37. The molecule has 2 heterocycles. The number of aromatic nitrogens is 2. The van der Waals surface area contributed by atoms with Crippen LogP contribution in [-0.2, 0) is 6.42 Å². The molecule has 152 valence electrons. The highest BCUT2D eigenvalue weighted by atomic mass is 16.5. The summed E-state index contributed by atoms with van der Waals surface area (Å²) in [6.07, 6.45) is 0.631. The number of hydrogen-bond acceptors (Lipinski definition) is 6. The van der Waals surface area contributed by atoms with Crippen molar-refractivity contribution >= 4 is 11.6 Å². The van der Waals surface area contributed by atoms with Gasteiger partial charge in [-0.25, -0.2) is 0 Å². The van der Waals surface area contributed by atoms with Crippen LogP contribution in [0.25, 0.3) is 0 Å². The Labute approximate surface area is 166 Å². The first kappa shape index (κ1) is 20.0. The molecule has 0 amide bonds. The number of piperazine rings is 1. The largest absolute Gasteiger partial charge is 0.506 e. The number of rotatable bonds is 6. The van der Waals surface area contributed by atoms with Crippen LogP contribution in [0.1, 0.15) is 38.4 Å². The number of guanidine groups is 1. The average Bonchev–Trinajstić information content (AvgIpc) is 3.17. The van der Waals surface area contributed by atoms with Crippen LogP contribution in [0.5, 0.6) is 5.75 Å². The van der Waals surface area contributed by atoms with E-state index in [4.69, 9.17) is 9.52 Å². The van der Waals surface area contributed by atoms with Gasteiger partial charge in [-0.05, 0) is 19.1 Å². The highest BCUT2D eigenvalue weighted by Crippen LogP contribution is 2.27. The molecular formula is C20H30N6O2. The third-order valence-corrected chi connectivity index (χ3v) is 4.72. The van der Waals surface area contributed by atoms with Gasteiger partial charge in [-0.2, -0.15) is 4.98 Å². The van der Waals surface area contributed by atoms with Crippen molar-refractivity contribution in [3.63, 3.8) is 0 Å². The van der Waals surface area contributed by atoms with E-state index < -0.39 is 0 Å². The molecule has 0 atom stereocenters. The second kappa shape index (κ2) is 9.43. The Bertz CT molecular complexity index is 781. The second-order valence-electron chi connectivity index (χ2n) is 7.15. The smallest absolute Gasteiger partial charge is 0.228 e. The van der Waals surface area contributed by atoms with E-state index in [-0.39, 0.29) is 5.92 Å². The topological polar surface area (TPSA) is 90.0 Å². The van der Waals surface area contributed by atoms with E-state index in [0.717, 1.165) is 50.2 Å². The molecule has 0 unspecified atom stereocenters. The Morgan fingerprint density at radius 2 is 2.00 bits per heavy atom. The predicted molar refractivity (Wildman–Crippen MR) is 110 cm³/mol. The molecule has 1 aromatic heterocycles. The van der Waals surface area contributed by atoms with Crippen LogP contribution in [0.3, 0.4) is 0 Å². The Morgan fingerprint density at radius 1 is 1.25 bits per heavy atom. The number of aliphatic imine (C=N–C) groups is 1. The minimum atomic E-state index is 0.263. The lowest BCUT2D eigenvalue weighted by molar-refractivity contribution is 0.365. The summed E-state index contributed by atoms with van der Waals surface area (Å²) in [5, 5.41) is 17.4. The summed E-state index contributed by atoms with van der Waals surface area (Å²) in [6.45, 7) is 10.9. The molecule has 1 aliphatic heterocycles. The molecule has 8 heteroatoms. The van der Waals surface area contributed by atoms with Crippen LogP contribution in [0.15, 0.2) is 33.8 Å². The second-order valence-corrected chi connectivity index (χ2v) is 7.15. The van der Waals surface area contributed by atoms with Gasteiger partial charge in [0.05, 0.1) is 12.2 Å². The molecule has 2 N–H and O–H groups in total. The molecule has 1 fully saturated rings. The summed E-state index contributed by atoms with van der Waals surface area (Å²) in [5.74, 6) is 2.87. The monoisotopic (exact) mass is 386 g/mol. The lowest BCUT2D eigenvalue weighted by Crippen LogP contribution is -2.52. The van der Waals surface area contributed by atoms with E-state index in [1.807, 2.05) is 32.0 Å². The van der Waals surface area contributed by atoms with E-state index in [1.54, 1.807) is 6.07 Å². The molecule has 8 nitrogen and oxygen atoms in total. The van der Waals surface area contributed by atoms with Crippen LogP contribution in [0.2, 0.25) is 0 Å². The third-order valence-electron chi connectivity index (χ3n) is 4.72. The van der Waals surface area contributed by atoms with Gasteiger partial charge < -0.3 is 24.7 Å². The SMILES string of the molecule is CCNC(=NCCc1nc(C(C)C)no1)N1CCN(c2ccccc2O)CC1. The van der Waals surface area contributed by atoms with Gasteiger partial charge in [0.1, 0.15) is 5.75 Å². The number of nitrogens with zero attached hydrogens (tertiary/aromatic N) is 5. The van der Waals surface area contributed by atoms with Crippen molar-refractivity contribution in [2.75, 3.05) is 44.2 Å². The predicted octanol–water partition coefficient (Wildman–Crippen LogP) is 2.23. The molecule has 0 aliphatic carbocycles. The van der Waals surface area contributed by atoms with Crippen LogP contribution in [-0.4, -0.2) is 65.4 Å². The molecule has 1 saturated heterocycles. The fourth-order valence-electron chi connectivity index (χ4n) is 3.18. The number of phenolic OH excluding ortho intramolecular Hbond substituents is 1. The number of phenols is 1. The first-order chi connectivity index (χ1) is 13.6. The van der Waals surface area contributed by atoms with Gasteiger partial charge in [0.2, 0.25) is 5.89 Å². The molecule has 0 spiro atoms. The Balaban J connectivity index is 1.56. The van der Waals surface area contributed by atoms with Gasteiger partial charge in [0.25, 0.3) is 0 Å². The number of nitrogens with one attached hydrogen (secondary N) is 1. The molecule has 0 bridgehead atoms. The minimum absolute atomic E-state index is 0.263. The van der Waals surface area contributed by atoms with E-state index >= 15 is 0 Å². The van der Waals surface area contributed by atoms with Crippen molar-refractivity contribution < 1.29 is 9.63 Å². The molecular weight excluding hydrogens is 356 g/mol. The first-order valence-electron chi connectivity index (χ1n) is 9.97. The highest BCUT2D eigenvalue weighted by Gasteiger charge is 2.21.